The van der Waals surface area contributed by atoms with E-state index in [1.54, 1.807) is 24.1 Å². The van der Waals surface area contributed by atoms with Gasteiger partial charge < -0.3 is 9.64 Å². The van der Waals surface area contributed by atoms with E-state index < -0.39 is 0 Å². The number of halogens is 1. The average Bonchev–Trinajstić information content (AvgIpc) is 2.47. The Bertz CT molecular complexity index is 575. The number of ether oxygens (including phenoxy) is 1. The minimum atomic E-state index is -0.177. The second kappa shape index (κ2) is 6.91. The third-order valence-corrected chi connectivity index (χ3v) is 2.96. The Morgan fingerprint density at radius 2 is 2.05 bits per heavy atom. The zero-order chi connectivity index (χ0) is 14.4. The molecule has 0 atom stereocenters. The van der Waals surface area contributed by atoms with Gasteiger partial charge in [-0.1, -0.05) is 29.8 Å². The highest BCUT2D eigenvalue weighted by Crippen LogP contribution is 2.10. The lowest BCUT2D eigenvalue weighted by Gasteiger charge is -2.17. The number of carbonyl (C=O) groups excluding carboxylic acids is 1. The molecule has 0 radical (unpaired) electrons. The highest BCUT2D eigenvalue weighted by Gasteiger charge is 2.13. The van der Waals surface area contributed by atoms with Crippen molar-refractivity contribution >= 4 is 17.5 Å². The number of hydrogen-bond acceptors (Lipinski definition) is 3. The largest absolute Gasteiger partial charge is 0.492 e. The number of amides is 1. The molecule has 20 heavy (non-hydrogen) atoms. The molecule has 0 aliphatic carbocycles. The molecule has 5 heteroatoms. The van der Waals surface area contributed by atoms with Crippen molar-refractivity contribution in [1.82, 2.24) is 9.88 Å². The van der Waals surface area contributed by atoms with E-state index in [1.807, 2.05) is 30.3 Å². The Morgan fingerprint density at radius 1 is 1.30 bits per heavy atom. The van der Waals surface area contributed by atoms with Gasteiger partial charge in [-0.3, -0.25) is 9.78 Å². The average molecular weight is 291 g/mol. The van der Waals surface area contributed by atoms with Gasteiger partial charge in [-0.25, -0.2) is 0 Å². The maximum atomic E-state index is 12.1. The van der Waals surface area contributed by atoms with Gasteiger partial charge >= 0.3 is 0 Å². The predicted octanol–water partition coefficient (Wildman–Crippen LogP) is 2.89. The summed E-state index contributed by atoms with van der Waals surface area (Å²) in [5.41, 5.74) is 0.333. The number of rotatable bonds is 5. The summed E-state index contributed by atoms with van der Waals surface area (Å²) in [6.45, 7) is 0.898. The fourth-order valence-corrected chi connectivity index (χ4v) is 1.80. The summed E-state index contributed by atoms with van der Waals surface area (Å²) in [5.74, 6) is 0.610. The van der Waals surface area contributed by atoms with Crippen LogP contribution in [0.3, 0.4) is 0 Å². The van der Waals surface area contributed by atoms with Gasteiger partial charge in [-0.2, -0.15) is 0 Å². The first-order chi connectivity index (χ1) is 9.66. The molecule has 0 saturated heterocycles. The maximum absolute atomic E-state index is 12.1. The highest BCUT2D eigenvalue weighted by atomic mass is 35.5. The second-order valence-corrected chi connectivity index (χ2v) is 4.68. The number of para-hydroxylation sites is 1. The summed E-state index contributed by atoms with van der Waals surface area (Å²) in [5, 5.41) is 0.497. The van der Waals surface area contributed by atoms with Gasteiger partial charge in [-0.15, -0.1) is 0 Å². The van der Waals surface area contributed by atoms with Gasteiger partial charge in [0.15, 0.2) is 0 Å². The molecule has 2 rings (SSSR count). The smallest absolute Gasteiger partial charge is 0.272 e. The van der Waals surface area contributed by atoms with Crippen LogP contribution in [0.25, 0.3) is 0 Å². The van der Waals surface area contributed by atoms with Crippen LogP contribution in [0.5, 0.6) is 5.75 Å². The summed E-state index contributed by atoms with van der Waals surface area (Å²) in [6, 6.07) is 12.7. The van der Waals surface area contributed by atoms with E-state index in [0.29, 0.717) is 23.9 Å². The molecule has 1 aromatic carbocycles. The van der Waals surface area contributed by atoms with E-state index in [0.717, 1.165) is 5.75 Å². The molecule has 0 N–H and O–H groups in total. The molecule has 1 aromatic heterocycles. The van der Waals surface area contributed by atoms with Crippen molar-refractivity contribution in [2.45, 2.75) is 0 Å². The summed E-state index contributed by atoms with van der Waals surface area (Å²) >= 11 is 5.84. The SMILES string of the molecule is CN(CCOc1ccccc1)C(=O)c1cc(Cl)ccn1. The normalized spacial score (nSPS) is 10.1. The lowest BCUT2D eigenvalue weighted by Crippen LogP contribution is -2.31. The van der Waals surface area contributed by atoms with Crippen molar-refractivity contribution in [3.63, 3.8) is 0 Å². The molecule has 0 unspecified atom stereocenters. The Morgan fingerprint density at radius 3 is 2.75 bits per heavy atom. The van der Waals surface area contributed by atoms with Gasteiger partial charge in [0.1, 0.15) is 18.1 Å². The van der Waals surface area contributed by atoms with Crippen molar-refractivity contribution < 1.29 is 9.53 Å². The monoisotopic (exact) mass is 290 g/mol. The molecule has 4 nitrogen and oxygen atoms in total. The predicted molar refractivity (Wildman–Crippen MR) is 78.1 cm³/mol. The van der Waals surface area contributed by atoms with Crippen LogP contribution < -0.4 is 4.74 Å². The molecule has 1 heterocycles. The Hall–Kier alpha value is -2.07. The number of pyridine rings is 1. The van der Waals surface area contributed by atoms with E-state index >= 15 is 0 Å². The van der Waals surface area contributed by atoms with Gasteiger partial charge in [0, 0.05) is 18.3 Å². The van der Waals surface area contributed by atoms with E-state index in [4.69, 9.17) is 16.3 Å². The van der Waals surface area contributed by atoms with Gasteiger partial charge in [0.05, 0.1) is 6.54 Å². The lowest BCUT2D eigenvalue weighted by atomic mass is 10.3. The summed E-state index contributed by atoms with van der Waals surface area (Å²) < 4.78 is 5.55. The Balaban J connectivity index is 1.85. The molecule has 0 bridgehead atoms. The van der Waals surface area contributed by atoms with Crippen molar-refractivity contribution in [3.8, 4) is 5.75 Å². The molecular formula is C15H15ClN2O2. The minimum absolute atomic E-state index is 0.177. The van der Waals surface area contributed by atoms with Crippen molar-refractivity contribution in [3.05, 3.63) is 59.4 Å². The molecule has 0 spiro atoms. The van der Waals surface area contributed by atoms with E-state index in [9.17, 15) is 4.79 Å². The van der Waals surface area contributed by atoms with Gasteiger partial charge in [0.2, 0.25) is 0 Å². The molecule has 104 valence electrons. The lowest BCUT2D eigenvalue weighted by molar-refractivity contribution is 0.0768. The first-order valence-electron chi connectivity index (χ1n) is 6.21. The zero-order valence-corrected chi connectivity index (χ0v) is 11.9. The third kappa shape index (κ3) is 3.96. The van der Waals surface area contributed by atoms with Crippen molar-refractivity contribution in [2.24, 2.45) is 0 Å². The van der Waals surface area contributed by atoms with Crippen LogP contribution in [0.1, 0.15) is 10.5 Å². The standard InChI is InChI=1S/C15H15ClN2O2/c1-18(9-10-20-13-5-3-2-4-6-13)15(19)14-11-12(16)7-8-17-14/h2-8,11H,9-10H2,1H3. The first-order valence-corrected chi connectivity index (χ1v) is 6.59. The number of benzene rings is 1. The highest BCUT2D eigenvalue weighted by molar-refractivity contribution is 6.30. The number of hydrogen-bond donors (Lipinski definition) is 0. The van der Waals surface area contributed by atoms with Gasteiger partial charge in [0.25, 0.3) is 5.91 Å². The molecule has 0 saturated carbocycles. The summed E-state index contributed by atoms with van der Waals surface area (Å²) in [6.07, 6.45) is 1.52. The number of nitrogens with zero attached hydrogens (tertiary/aromatic N) is 2. The molecule has 1 amide bonds. The Kier molecular flexibility index (Phi) is 4.96. The van der Waals surface area contributed by atoms with Crippen molar-refractivity contribution in [2.75, 3.05) is 20.2 Å². The van der Waals surface area contributed by atoms with E-state index in [1.165, 1.54) is 6.20 Å². The van der Waals surface area contributed by atoms with Crippen LogP contribution in [0.2, 0.25) is 5.02 Å². The number of aromatic nitrogens is 1. The fraction of sp³-hybridized carbons (Fsp3) is 0.200. The molecule has 0 fully saturated rings. The van der Waals surface area contributed by atoms with Crippen LogP contribution >= 0.6 is 11.6 Å². The Labute approximate surface area is 123 Å². The van der Waals surface area contributed by atoms with E-state index in [-0.39, 0.29) is 5.91 Å². The third-order valence-electron chi connectivity index (χ3n) is 2.73. The maximum Gasteiger partial charge on any atom is 0.272 e. The van der Waals surface area contributed by atoms with Crippen LogP contribution in [-0.4, -0.2) is 36.0 Å². The van der Waals surface area contributed by atoms with Crippen LogP contribution in [0.15, 0.2) is 48.7 Å². The van der Waals surface area contributed by atoms with Crippen molar-refractivity contribution in [1.29, 1.82) is 0 Å². The fourth-order valence-electron chi connectivity index (χ4n) is 1.64. The second-order valence-electron chi connectivity index (χ2n) is 4.25. The number of likely N-dealkylation sites (N-methyl/N-ethyl adjacent to an activating group) is 1. The van der Waals surface area contributed by atoms with E-state index in [2.05, 4.69) is 4.98 Å². The zero-order valence-electron chi connectivity index (χ0n) is 11.1. The topological polar surface area (TPSA) is 42.4 Å². The van der Waals surface area contributed by atoms with Gasteiger partial charge in [-0.05, 0) is 24.3 Å². The molecule has 0 aliphatic rings. The minimum Gasteiger partial charge on any atom is -0.492 e. The van der Waals surface area contributed by atoms with Crippen LogP contribution in [0.4, 0.5) is 0 Å². The molecular weight excluding hydrogens is 276 g/mol. The van der Waals surface area contributed by atoms with Crippen LogP contribution in [-0.2, 0) is 0 Å². The summed E-state index contributed by atoms with van der Waals surface area (Å²) in [4.78, 5) is 17.7. The van der Waals surface area contributed by atoms with Crippen LogP contribution in [0, 0.1) is 0 Å². The summed E-state index contributed by atoms with van der Waals surface area (Å²) in [7, 11) is 1.71. The molecule has 2 aromatic rings. The molecule has 0 aliphatic heterocycles. The number of carbonyl (C=O) groups is 1. The first kappa shape index (κ1) is 14.3. The quantitative estimate of drug-likeness (QED) is 0.850.